The maximum absolute atomic E-state index is 13.4. The lowest BCUT2D eigenvalue weighted by Crippen LogP contribution is -2.54. The number of fused-ring (bicyclic) bond motifs is 2. The van der Waals surface area contributed by atoms with E-state index in [-0.39, 0.29) is 11.5 Å². The Bertz CT molecular complexity index is 1350. The first-order chi connectivity index (χ1) is 16.7. The number of carbonyl (C=O) groups is 1. The SMILES string of the molecule is CN1C[C@H](c2cc(Br)ccc2OCc2ccc(Cl)cc2Cl)[C@H]([N+](=O)[O-])[C@@]12C(=O)Nc1ccccc12. The molecule has 2 aliphatic rings. The van der Waals surface area contributed by atoms with Crippen LogP contribution >= 0.6 is 39.1 Å². The first kappa shape index (κ1) is 24.1. The van der Waals surface area contributed by atoms with Crippen molar-refractivity contribution in [3.63, 3.8) is 0 Å². The van der Waals surface area contributed by atoms with Crippen LogP contribution in [0.2, 0.25) is 10.0 Å². The molecule has 3 aromatic rings. The van der Waals surface area contributed by atoms with Gasteiger partial charge in [0, 0.05) is 48.4 Å². The molecule has 3 aromatic carbocycles. The van der Waals surface area contributed by atoms with Gasteiger partial charge in [-0.3, -0.25) is 19.8 Å². The molecule has 2 heterocycles. The van der Waals surface area contributed by atoms with Crippen LogP contribution in [-0.4, -0.2) is 35.4 Å². The second-order valence-corrected chi connectivity index (χ2v) is 10.4. The van der Waals surface area contributed by atoms with Gasteiger partial charge in [-0.1, -0.05) is 63.4 Å². The van der Waals surface area contributed by atoms with Crippen LogP contribution in [0, 0.1) is 10.1 Å². The summed E-state index contributed by atoms with van der Waals surface area (Å²) in [4.78, 5) is 27.4. The van der Waals surface area contributed by atoms with E-state index in [0.29, 0.717) is 39.2 Å². The fourth-order valence-corrected chi connectivity index (χ4v) is 6.14. The number of carbonyl (C=O) groups excluding carboxylic acids is 1. The molecule has 0 saturated carbocycles. The number of anilines is 1. The molecule has 2 aliphatic heterocycles. The van der Waals surface area contributed by atoms with Crippen LogP contribution in [-0.2, 0) is 16.9 Å². The third-order valence-electron chi connectivity index (χ3n) is 6.81. The summed E-state index contributed by atoms with van der Waals surface area (Å²) in [5.74, 6) is -0.510. The van der Waals surface area contributed by atoms with Crippen molar-refractivity contribution in [1.82, 2.24) is 4.90 Å². The Kier molecular flexibility index (Phi) is 6.25. The summed E-state index contributed by atoms with van der Waals surface area (Å²) in [6, 6.07) is 16.5. The van der Waals surface area contributed by atoms with Crippen molar-refractivity contribution in [3.05, 3.63) is 102 Å². The summed E-state index contributed by atoms with van der Waals surface area (Å²) >= 11 is 15.8. The summed E-state index contributed by atoms with van der Waals surface area (Å²) in [5.41, 5.74) is 1.16. The summed E-state index contributed by atoms with van der Waals surface area (Å²) in [6.45, 7) is 0.451. The number of amides is 1. The lowest BCUT2D eigenvalue weighted by molar-refractivity contribution is -0.534. The minimum Gasteiger partial charge on any atom is -0.489 e. The molecule has 7 nitrogen and oxygen atoms in total. The first-order valence-corrected chi connectivity index (χ1v) is 12.4. The van der Waals surface area contributed by atoms with Gasteiger partial charge in [0.05, 0.1) is 5.92 Å². The number of nitrogens with one attached hydrogen (secondary N) is 1. The standard InChI is InChI=1S/C25H20BrCl2N3O4/c1-30-12-18(23(31(33)34)25(30)19-4-2-3-5-21(19)29-24(25)32)17-10-15(26)7-9-22(17)35-13-14-6-8-16(27)11-20(14)28/h2-11,18,23H,12-13H2,1H3,(H,29,32)/t18-,23+,25+/m1/s1. The Morgan fingerprint density at radius 1 is 1.20 bits per heavy atom. The van der Waals surface area contributed by atoms with Gasteiger partial charge in [0.2, 0.25) is 0 Å². The summed E-state index contributed by atoms with van der Waals surface area (Å²) in [7, 11) is 1.75. The fraction of sp³-hybridized carbons (Fsp3) is 0.240. The second-order valence-electron chi connectivity index (χ2n) is 8.69. The van der Waals surface area contributed by atoms with Crippen LogP contribution in [0.25, 0.3) is 0 Å². The monoisotopic (exact) mass is 575 g/mol. The number of para-hydroxylation sites is 1. The van der Waals surface area contributed by atoms with E-state index in [9.17, 15) is 14.9 Å². The summed E-state index contributed by atoms with van der Waals surface area (Å²) in [5, 5.41) is 16.5. The zero-order valence-electron chi connectivity index (χ0n) is 18.5. The molecule has 1 spiro atoms. The molecule has 5 rings (SSSR count). The van der Waals surface area contributed by atoms with Gasteiger partial charge in [0.15, 0.2) is 5.54 Å². The molecule has 0 radical (unpaired) electrons. The Balaban J connectivity index is 1.57. The number of hydrogen-bond acceptors (Lipinski definition) is 5. The zero-order valence-corrected chi connectivity index (χ0v) is 21.6. The molecule has 180 valence electrons. The van der Waals surface area contributed by atoms with E-state index in [0.717, 1.165) is 10.0 Å². The second kappa shape index (κ2) is 9.09. The molecular formula is C25H20BrCl2N3O4. The quantitative estimate of drug-likeness (QED) is 0.304. The van der Waals surface area contributed by atoms with E-state index in [2.05, 4.69) is 21.2 Å². The van der Waals surface area contributed by atoms with Gasteiger partial charge < -0.3 is 10.1 Å². The van der Waals surface area contributed by atoms with Gasteiger partial charge in [0.25, 0.3) is 11.9 Å². The maximum atomic E-state index is 13.4. The third kappa shape index (κ3) is 3.89. The lowest BCUT2D eigenvalue weighted by Gasteiger charge is -2.30. The maximum Gasteiger partial charge on any atom is 0.256 e. The Labute approximate surface area is 220 Å². The molecule has 0 unspecified atom stereocenters. The molecule has 1 amide bonds. The van der Waals surface area contributed by atoms with E-state index >= 15 is 0 Å². The minimum absolute atomic E-state index is 0.158. The Morgan fingerprint density at radius 2 is 1.97 bits per heavy atom. The number of hydrogen-bond donors (Lipinski definition) is 1. The number of nitro groups is 1. The molecule has 0 bridgehead atoms. The van der Waals surface area contributed by atoms with Gasteiger partial charge in [-0.15, -0.1) is 0 Å². The average Bonchev–Trinajstić information content (AvgIpc) is 3.29. The number of likely N-dealkylation sites (N-methyl/N-ethyl adjacent to an activating group) is 1. The van der Waals surface area contributed by atoms with Crippen LogP contribution in [0.15, 0.2) is 65.1 Å². The Hall–Kier alpha value is -2.65. The van der Waals surface area contributed by atoms with E-state index in [1.54, 1.807) is 60.5 Å². The molecule has 1 N–H and O–H groups in total. The van der Waals surface area contributed by atoms with E-state index in [4.69, 9.17) is 27.9 Å². The first-order valence-electron chi connectivity index (χ1n) is 10.9. The fourth-order valence-electron chi connectivity index (χ4n) is 5.30. The number of halogens is 3. The highest BCUT2D eigenvalue weighted by Gasteiger charge is 2.68. The third-order valence-corrected chi connectivity index (χ3v) is 7.89. The molecule has 0 aromatic heterocycles. The molecule has 1 fully saturated rings. The van der Waals surface area contributed by atoms with Crippen LogP contribution in [0.4, 0.5) is 5.69 Å². The van der Waals surface area contributed by atoms with Crippen LogP contribution < -0.4 is 10.1 Å². The number of ether oxygens (including phenoxy) is 1. The van der Waals surface area contributed by atoms with Crippen molar-refractivity contribution in [1.29, 1.82) is 0 Å². The predicted molar refractivity (Wildman–Crippen MR) is 138 cm³/mol. The highest BCUT2D eigenvalue weighted by atomic mass is 79.9. The predicted octanol–water partition coefficient (Wildman–Crippen LogP) is 5.86. The van der Waals surface area contributed by atoms with Crippen molar-refractivity contribution in [3.8, 4) is 5.75 Å². The van der Waals surface area contributed by atoms with Crippen LogP contribution in [0.3, 0.4) is 0 Å². The van der Waals surface area contributed by atoms with Gasteiger partial charge in [-0.2, -0.15) is 0 Å². The highest BCUT2D eigenvalue weighted by molar-refractivity contribution is 9.10. The van der Waals surface area contributed by atoms with Gasteiger partial charge in [0.1, 0.15) is 12.4 Å². The minimum atomic E-state index is -1.43. The molecule has 1 saturated heterocycles. The van der Waals surface area contributed by atoms with E-state index in [1.165, 1.54) is 0 Å². The van der Waals surface area contributed by atoms with Crippen molar-refractivity contribution < 1.29 is 14.5 Å². The van der Waals surface area contributed by atoms with Gasteiger partial charge in [-0.05, 0) is 43.4 Å². The normalized spacial score (nSPS) is 23.4. The molecule has 3 atom stereocenters. The number of nitrogens with zero attached hydrogens (tertiary/aromatic N) is 2. The van der Waals surface area contributed by atoms with Crippen molar-refractivity contribution in [2.45, 2.75) is 24.1 Å². The van der Waals surface area contributed by atoms with Gasteiger partial charge in [-0.25, -0.2) is 0 Å². The topological polar surface area (TPSA) is 84.7 Å². The largest absolute Gasteiger partial charge is 0.489 e. The number of benzene rings is 3. The highest BCUT2D eigenvalue weighted by Crippen LogP contribution is 2.53. The van der Waals surface area contributed by atoms with Crippen molar-refractivity contribution in [2.24, 2.45) is 0 Å². The van der Waals surface area contributed by atoms with E-state index in [1.807, 2.05) is 12.1 Å². The van der Waals surface area contributed by atoms with Crippen molar-refractivity contribution in [2.75, 3.05) is 18.9 Å². The van der Waals surface area contributed by atoms with Crippen molar-refractivity contribution >= 4 is 50.7 Å². The zero-order chi connectivity index (χ0) is 24.9. The van der Waals surface area contributed by atoms with Crippen LogP contribution in [0.1, 0.15) is 22.6 Å². The molecular weight excluding hydrogens is 557 g/mol. The number of rotatable bonds is 5. The molecule has 35 heavy (non-hydrogen) atoms. The average molecular weight is 577 g/mol. The Morgan fingerprint density at radius 3 is 2.71 bits per heavy atom. The molecule has 10 heteroatoms. The van der Waals surface area contributed by atoms with Crippen LogP contribution in [0.5, 0.6) is 5.75 Å². The van der Waals surface area contributed by atoms with E-state index < -0.39 is 23.4 Å². The van der Waals surface area contributed by atoms with Gasteiger partial charge >= 0.3 is 0 Å². The molecule has 0 aliphatic carbocycles. The summed E-state index contributed by atoms with van der Waals surface area (Å²) < 4.78 is 6.89. The summed E-state index contributed by atoms with van der Waals surface area (Å²) in [6.07, 6.45) is 0. The lowest BCUT2D eigenvalue weighted by atomic mass is 9.79. The smallest absolute Gasteiger partial charge is 0.256 e. The number of likely N-dealkylation sites (tertiary alicyclic amines) is 1.